The predicted octanol–water partition coefficient (Wildman–Crippen LogP) is 3.92. The summed E-state index contributed by atoms with van der Waals surface area (Å²) in [6, 6.07) is 8.04. The second kappa shape index (κ2) is 8.30. The Hall–Kier alpha value is -3.76. The molecule has 2 heterocycles. The molecule has 0 aliphatic carbocycles. The molecule has 0 bridgehead atoms. The lowest BCUT2D eigenvalue weighted by Crippen LogP contribution is -2.26. The number of para-hydroxylation sites is 1. The van der Waals surface area contributed by atoms with Crippen molar-refractivity contribution in [3.05, 3.63) is 94.2 Å². The number of aromatic nitrogens is 2. The molecule has 6 nitrogen and oxygen atoms in total. The van der Waals surface area contributed by atoms with Gasteiger partial charge in [-0.3, -0.25) is 9.36 Å². The van der Waals surface area contributed by atoms with Crippen molar-refractivity contribution in [1.29, 1.82) is 0 Å². The minimum Gasteiger partial charge on any atom is -0.437 e. The van der Waals surface area contributed by atoms with Crippen molar-refractivity contribution in [3.8, 4) is 28.3 Å². The number of hydrogen-bond acceptors (Lipinski definition) is 5. The Labute approximate surface area is 184 Å². The first-order valence-electron chi connectivity index (χ1n) is 9.60. The van der Waals surface area contributed by atoms with Gasteiger partial charge in [0, 0.05) is 23.9 Å². The summed E-state index contributed by atoms with van der Waals surface area (Å²) in [5, 5.41) is 19.8. The highest BCUT2D eigenvalue weighted by Gasteiger charge is 2.32. The summed E-state index contributed by atoms with van der Waals surface area (Å²) in [6.07, 6.45) is 1.07. The molecule has 2 aromatic carbocycles. The van der Waals surface area contributed by atoms with Crippen LogP contribution in [0.25, 0.3) is 28.3 Å². The molecule has 0 radical (unpaired) electrons. The Morgan fingerprint density at radius 1 is 1.03 bits per heavy atom. The molecular formula is C23H16F4N2O4. The van der Waals surface area contributed by atoms with Crippen LogP contribution in [0.15, 0.2) is 63.9 Å². The van der Waals surface area contributed by atoms with E-state index in [1.807, 2.05) is 0 Å². The minimum atomic E-state index is -1.96. The fourth-order valence-electron chi connectivity index (χ4n) is 3.19. The fraction of sp³-hybridized carbons (Fsp3) is 0.130. The van der Waals surface area contributed by atoms with Gasteiger partial charge in [0.1, 0.15) is 34.7 Å². The van der Waals surface area contributed by atoms with Gasteiger partial charge in [0.15, 0.2) is 11.4 Å². The normalized spacial score (nSPS) is 13.2. The smallest absolute Gasteiger partial charge is 0.255 e. The highest BCUT2D eigenvalue weighted by Crippen LogP contribution is 2.37. The zero-order valence-corrected chi connectivity index (χ0v) is 17.0. The van der Waals surface area contributed by atoms with Gasteiger partial charge in [-0.1, -0.05) is 6.07 Å². The monoisotopic (exact) mass is 460 g/mol. The Morgan fingerprint density at radius 2 is 1.73 bits per heavy atom. The van der Waals surface area contributed by atoms with E-state index >= 15 is 0 Å². The summed E-state index contributed by atoms with van der Waals surface area (Å²) in [5.74, 6) is -4.49. The van der Waals surface area contributed by atoms with Gasteiger partial charge in [-0.15, -0.1) is 0 Å². The lowest BCUT2D eigenvalue weighted by Gasteiger charge is -2.15. The van der Waals surface area contributed by atoms with Gasteiger partial charge < -0.3 is 14.6 Å². The van der Waals surface area contributed by atoms with Crippen molar-refractivity contribution in [3.63, 3.8) is 0 Å². The predicted molar refractivity (Wildman–Crippen MR) is 109 cm³/mol. The number of rotatable bonds is 5. The van der Waals surface area contributed by atoms with Crippen LogP contribution in [-0.2, 0) is 5.60 Å². The molecule has 0 amide bonds. The molecule has 0 aliphatic heterocycles. The number of aliphatic hydroxyl groups is 2. The van der Waals surface area contributed by atoms with Gasteiger partial charge >= 0.3 is 0 Å². The van der Waals surface area contributed by atoms with Crippen LogP contribution in [0.3, 0.4) is 0 Å². The molecule has 33 heavy (non-hydrogen) atoms. The number of hydrogen-bond donors (Lipinski definition) is 2. The third-order valence-corrected chi connectivity index (χ3v) is 4.93. The van der Waals surface area contributed by atoms with Crippen LogP contribution in [0.5, 0.6) is 0 Å². The molecule has 0 fully saturated rings. The van der Waals surface area contributed by atoms with E-state index in [1.165, 1.54) is 13.0 Å². The Bertz CT molecular complexity index is 1390. The average Bonchev–Trinajstić information content (AvgIpc) is 3.21. The first-order chi connectivity index (χ1) is 15.6. The number of oxazole rings is 1. The maximum atomic E-state index is 14.5. The van der Waals surface area contributed by atoms with E-state index in [-0.39, 0.29) is 22.6 Å². The standard InChI is InChI=1S/C23H16F4N2O4/c1-23(32,11-30)22-28-19(21(33-22)14-7-6-13(24)9-17(14)27)12-5-8-18(31)29(10-12)20-15(25)3-2-4-16(20)26/h2-10,30,32H,11H2,1H3. The molecule has 4 rings (SSSR count). The number of nitrogens with zero attached hydrogens (tertiary/aromatic N) is 2. The molecule has 1 unspecified atom stereocenters. The van der Waals surface area contributed by atoms with E-state index in [1.54, 1.807) is 0 Å². The molecule has 170 valence electrons. The first kappa shape index (κ1) is 22.4. The molecule has 4 aromatic rings. The zero-order valence-electron chi connectivity index (χ0n) is 17.0. The molecular weight excluding hydrogens is 444 g/mol. The topological polar surface area (TPSA) is 88.5 Å². The van der Waals surface area contributed by atoms with Gasteiger partial charge in [0.05, 0.1) is 12.2 Å². The van der Waals surface area contributed by atoms with Crippen molar-refractivity contribution in [2.24, 2.45) is 0 Å². The maximum absolute atomic E-state index is 14.5. The largest absolute Gasteiger partial charge is 0.437 e. The third-order valence-electron chi connectivity index (χ3n) is 4.93. The number of benzene rings is 2. The summed E-state index contributed by atoms with van der Waals surface area (Å²) in [7, 11) is 0. The summed E-state index contributed by atoms with van der Waals surface area (Å²) in [5.41, 5.74) is -3.63. The van der Waals surface area contributed by atoms with E-state index in [0.717, 1.165) is 42.6 Å². The van der Waals surface area contributed by atoms with Crippen molar-refractivity contribution in [2.75, 3.05) is 6.61 Å². The lowest BCUT2D eigenvalue weighted by molar-refractivity contribution is -0.0234. The van der Waals surface area contributed by atoms with Gasteiger partial charge in [0.2, 0.25) is 5.89 Å². The van der Waals surface area contributed by atoms with E-state index in [2.05, 4.69) is 4.98 Å². The van der Waals surface area contributed by atoms with Crippen LogP contribution in [0.4, 0.5) is 17.6 Å². The highest BCUT2D eigenvalue weighted by molar-refractivity contribution is 5.77. The van der Waals surface area contributed by atoms with Crippen molar-refractivity contribution >= 4 is 0 Å². The number of pyridine rings is 1. The molecule has 2 aromatic heterocycles. The minimum absolute atomic E-state index is 0.0692. The molecule has 0 saturated heterocycles. The van der Waals surface area contributed by atoms with Crippen LogP contribution in [-0.4, -0.2) is 26.4 Å². The highest BCUT2D eigenvalue weighted by atomic mass is 19.1. The SMILES string of the molecule is CC(O)(CO)c1nc(-c2ccc(=O)n(-c3c(F)cccc3F)c2)c(-c2ccc(F)cc2F)o1. The van der Waals surface area contributed by atoms with Crippen molar-refractivity contribution in [1.82, 2.24) is 9.55 Å². The summed E-state index contributed by atoms with van der Waals surface area (Å²) < 4.78 is 62.8. The second-order valence-corrected chi connectivity index (χ2v) is 7.45. The second-order valence-electron chi connectivity index (χ2n) is 7.45. The first-order valence-corrected chi connectivity index (χ1v) is 9.60. The number of halogens is 4. The van der Waals surface area contributed by atoms with Crippen LogP contribution in [0.1, 0.15) is 12.8 Å². The van der Waals surface area contributed by atoms with Gasteiger partial charge in [-0.05, 0) is 37.3 Å². The average molecular weight is 460 g/mol. The number of aliphatic hydroxyl groups excluding tert-OH is 1. The van der Waals surface area contributed by atoms with Gasteiger partial charge in [-0.2, -0.15) is 0 Å². The van der Waals surface area contributed by atoms with Crippen LogP contribution < -0.4 is 5.56 Å². The van der Waals surface area contributed by atoms with Gasteiger partial charge in [-0.25, -0.2) is 22.5 Å². The van der Waals surface area contributed by atoms with E-state index in [9.17, 15) is 32.6 Å². The van der Waals surface area contributed by atoms with Crippen molar-refractivity contribution in [2.45, 2.75) is 12.5 Å². The lowest BCUT2D eigenvalue weighted by atomic mass is 10.1. The summed E-state index contributed by atoms with van der Waals surface area (Å²) in [6.45, 7) is 0.404. The molecule has 10 heteroatoms. The Balaban J connectivity index is 1.98. The van der Waals surface area contributed by atoms with E-state index in [0.29, 0.717) is 10.6 Å². The molecule has 0 spiro atoms. The van der Waals surface area contributed by atoms with Crippen molar-refractivity contribution < 1.29 is 32.2 Å². The molecule has 2 N–H and O–H groups in total. The molecule has 0 saturated carbocycles. The molecule has 0 aliphatic rings. The van der Waals surface area contributed by atoms with Gasteiger partial charge in [0.25, 0.3) is 5.56 Å². The zero-order chi connectivity index (χ0) is 23.9. The quantitative estimate of drug-likeness (QED) is 0.441. The fourth-order valence-corrected chi connectivity index (χ4v) is 3.19. The van der Waals surface area contributed by atoms with Crippen LogP contribution in [0.2, 0.25) is 0 Å². The maximum Gasteiger partial charge on any atom is 0.255 e. The third kappa shape index (κ3) is 4.06. The van der Waals surface area contributed by atoms with Crippen LogP contribution >= 0.6 is 0 Å². The molecule has 1 atom stereocenters. The van der Waals surface area contributed by atoms with Crippen LogP contribution in [0, 0.1) is 23.3 Å². The van der Waals surface area contributed by atoms with E-state index < -0.39 is 52.6 Å². The summed E-state index contributed by atoms with van der Waals surface area (Å²) in [4.78, 5) is 16.5. The Kier molecular flexibility index (Phi) is 5.64. The van der Waals surface area contributed by atoms with E-state index in [4.69, 9.17) is 4.42 Å². The Morgan fingerprint density at radius 3 is 2.36 bits per heavy atom. The summed E-state index contributed by atoms with van der Waals surface area (Å²) >= 11 is 0.